The minimum absolute atomic E-state index is 0.208. The summed E-state index contributed by atoms with van der Waals surface area (Å²) in [5, 5.41) is 0. The summed E-state index contributed by atoms with van der Waals surface area (Å²) in [5.41, 5.74) is 3.27. The maximum absolute atomic E-state index is 12.9. The second-order valence-corrected chi connectivity index (χ2v) is 3.19. The Balaban J connectivity index is 2.44. The molecule has 0 bridgehead atoms. The Labute approximate surface area is 72.6 Å². The molecular weight excluding hydrogens is 181 g/mol. The summed E-state index contributed by atoms with van der Waals surface area (Å²) in [5.74, 6) is -3.92. The molecule has 5 heteroatoms. The summed E-state index contributed by atoms with van der Waals surface area (Å²) in [4.78, 5) is 3.27. The third kappa shape index (κ3) is 1.03. The summed E-state index contributed by atoms with van der Waals surface area (Å²) in [6, 6.07) is 2.63. The molecule has 0 aromatic carbocycles. The van der Waals surface area contributed by atoms with Crippen LogP contribution in [0.1, 0.15) is 12.0 Å². The number of hydrogen-bond donors (Lipinski definition) is 1. The summed E-state index contributed by atoms with van der Waals surface area (Å²) in [6.07, 6.45) is 0.686. The van der Waals surface area contributed by atoms with Crippen LogP contribution in [0.5, 0.6) is 0 Å². The van der Waals surface area contributed by atoms with Crippen LogP contribution in [0.25, 0.3) is 0 Å². The summed E-state index contributed by atoms with van der Waals surface area (Å²) >= 11 is 0. The lowest BCUT2D eigenvalue weighted by molar-refractivity contribution is 0.0879. The van der Waals surface area contributed by atoms with Crippen LogP contribution >= 0.6 is 0 Å². The molecule has 1 fully saturated rings. The number of pyridine rings is 1. The van der Waals surface area contributed by atoms with Crippen molar-refractivity contribution in [1.29, 1.82) is 0 Å². The van der Waals surface area contributed by atoms with Crippen molar-refractivity contribution in [3.8, 4) is 0 Å². The van der Waals surface area contributed by atoms with E-state index in [1.165, 1.54) is 18.3 Å². The minimum atomic E-state index is -3.00. The maximum atomic E-state index is 12.9. The van der Waals surface area contributed by atoms with Gasteiger partial charge in [0.25, 0.3) is 5.92 Å². The smallest absolute Gasteiger partial charge is 0.272 e. The zero-order valence-corrected chi connectivity index (χ0v) is 6.60. The normalized spacial score (nSPS) is 30.2. The molecule has 0 spiro atoms. The Morgan fingerprint density at radius 1 is 1.46 bits per heavy atom. The van der Waals surface area contributed by atoms with Gasteiger partial charge in [-0.3, -0.25) is 0 Å². The number of hydrogen-bond acceptors (Lipinski definition) is 2. The first kappa shape index (κ1) is 8.50. The van der Waals surface area contributed by atoms with Crippen LogP contribution in [0.15, 0.2) is 18.3 Å². The van der Waals surface area contributed by atoms with E-state index in [-0.39, 0.29) is 5.56 Å². The van der Waals surface area contributed by atoms with Crippen LogP contribution in [-0.4, -0.2) is 10.9 Å². The van der Waals surface area contributed by atoms with Crippen LogP contribution < -0.4 is 5.73 Å². The predicted molar refractivity (Wildman–Crippen MR) is 39.6 cm³/mol. The first-order chi connectivity index (χ1) is 5.97. The number of rotatable bonds is 1. The van der Waals surface area contributed by atoms with Gasteiger partial charge in [0, 0.05) is 18.2 Å². The highest BCUT2D eigenvalue weighted by atomic mass is 19.3. The molecule has 2 N–H and O–H groups in total. The molecule has 1 heterocycles. The summed E-state index contributed by atoms with van der Waals surface area (Å²) < 4.78 is 38.4. The van der Waals surface area contributed by atoms with Gasteiger partial charge in [-0.15, -0.1) is 0 Å². The van der Waals surface area contributed by atoms with Gasteiger partial charge in [-0.05, 0) is 6.07 Å². The van der Waals surface area contributed by atoms with Crippen molar-refractivity contribution in [2.45, 2.75) is 17.9 Å². The molecule has 1 saturated carbocycles. The second-order valence-electron chi connectivity index (χ2n) is 3.19. The van der Waals surface area contributed by atoms with E-state index in [2.05, 4.69) is 4.98 Å². The number of alkyl halides is 2. The van der Waals surface area contributed by atoms with Crippen molar-refractivity contribution >= 4 is 0 Å². The van der Waals surface area contributed by atoms with Gasteiger partial charge in [-0.25, -0.2) is 13.8 Å². The first-order valence-electron chi connectivity index (χ1n) is 3.75. The van der Waals surface area contributed by atoms with Crippen molar-refractivity contribution in [2.24, 2.45) is 5.73 Å². The number of aromatic nitrogens is 1. The highest BCUT2D eigenvalue weighted by molar-refractivity contribution is 5.34. The molecule has 0 amide bonds. The van der Waals surface area contributed by atoms with Gasteiger partial charge in [0.2, 0.25) is 5.95 Å². The maximum Gasteiger partial charge on any atom is 0.272 e. The first-order valence-corrected chi connectivity index (χ1v) is 3.75. The highest BCUT2D eigenvalue weighted by Gasteiger charge is 2.70. The van der Waals surface area contributed by atoms with Crippen LogP contribution in [0.2, 0.25) is 0 Å². The highest BCUT2D eigenvalue weighted by Crippen LogP contribution is 2.57. The third-order valence-electron chi connectivity index (χ3n) is 2.27. The standard InChI is InChI=1S/C8H7F3N2/c9-6-5(2-1-3-13-6)7(12)4-8(7,10)11/h1-3H,4,12H2. The van der Waals surface area contributed by atoms with Crippen LogP contribution in [-0.2, 0) is 5.54 Å². The van der Waals surface area contributed by atoms with Crippen molar-refractivity contribution in [1.82, 2.24) is 4.98 Å². The van der Waals surface area contributed by atoms with Crippen molar-refractivity contribution in [3.05, 3.63) is 29.8 Å². The Kier molecular flexibility index (Phi) is 1.46. The molecule has 1 aliphatic rings. The van der Waals surface area contributed by atoms with Crippen LogP contribution in [0, 0.1) is 5.95 Å². The molecular formula is C8H7F3N2. The van der Waals surface area contributed by atoms with Gasteiger partial charge in [-0.1, -0.05) is 6.07 Å². The Hall–Kier alpha value is -1.10. The van der Waals surface area contributed by atoms with E-state index in [9.17, 15) is 13.2 Å². The van der Waals surface area contributed by atoms with Gasteiger partial charge in [0.15, 0.2) is 0 Å². The van der Waals surface area contributed by atoms with E-state index in [0.29, 0.717) is 0 Å². The lowest BCUT2D eigenvalue weighted by atomic mass is 10.1. The second kappa shape index (κ2) is 2.23. The van der Waals surface area contributed by atoms with E-state index in [4.69, 9.17) is 5.73 Å². The van der Waals surface area contributed by atoms with Gasteiger partial charge in [0.05, 0.1) is 0 Å². The molecule has 1 aromatic heterocycles. The summed E-state index contributed by atoms with van der Waals surface area (Å²) in [7, 11) is 0. The molecule has 1 aromatic rings. The topological polar surface area (TPSA) is 38.9 Å². The molecule has 1 atom stereocenters. The molecule has 70 valence electrons. The van der Waals surface area contributed by atoms with E-state index >= 15 is 0 Å². The van der Waals surface area contributed by atoms with Crippen LogP contribution in [0.4, 0.5) is 13.2 Å². The Bertz CT molecular complexity index is 353. The lowest BCUT2D eigenvalue weighted by Crippen LogP contribution is -2.28. The fraction of sp³-hybridized carbons (Fsp3) is 0.375. The lowest BCUT2D eigenvalue weighted by Gasteiger charge is -2.10. The fourth-order valence-corrected chi connectivity index (χ4v) is 1.32. The monoisotopic (exact) mass is 188 g/mol. The van der Waals surface area contributed by atoms with Crippen LogP contribution in [0.3, 0.4) is 0 Å². The zero-order valence-electron chi connectivity index (χ0n) is 6.60. The zero-order chi connectivity index (χ0) is 9.69. The van der Waals surface area contributed by atoms with Gasteiger partial charge in [0.1, 0.15) is 5.54 Å². The third-order valence-corrected chi connectivity index (χ3v) is 2.27. The van der Waals surface area contributed by atoms with E-state index in [0.717, 1.165) is 0 Å². The molecule has 1 aliphatic carbocycles. The SMILES string of the molecule is NC1(c2cccnc2F)CC1(F)F. The van der Waals surface area contributed by atoms with E-state index in [1.54, 1.807) is 0 Å². The van der Waals surface area contributed by atoms with Crippen molar-refractivity contribution < 1.29 is 13.2 Å². The molecule has 1 unspecified atom stereocenters. The van der Waals surface area contributed by atoms with Crippen molar-refractivity contribution in [2.75, 3.05) is 0 Å². The molecule has 0 saturated heterocycles. The van der Waals surface area contributed by atoms with Gasteiger partial charge >= 0.3 is 0 Å². The van der Waals surface area contributed by atoms with E-state index in [1.807, 2.05) is 0 Å². The average molecular weight is 188 g/mol. The Morgan fingerprint density at radius 3 is 2.54 bits per heavy atom. The number of nitrogens with zero attached hydrogens (tertiary/aromatic N) is 1. The molecule has 2 nitrogen and oxygen atoms in total. The van der Waals surface area contributed by atoms with Crippen molar-refractivity contribution in [3.63, 3.8) is 0 Å². The molecule has 2 rings (SSSR count). The average Bonchev–Trinajstić information content (AvgIpc) is 2.53. The minimum Gasteiger partial charge on any atom is -0.316 e. The predicted octanol–water partition coefficient (Wildman–Crippen LogP) is 1.41. The number of halogens is 3. The van der Waals surface area contributed by atoms with E-state index < -0.39 is 23.8 Å². The molecule has 13 heavy (non-hydrogen) atoms. The molecule has 0 radical (unpaired) electrons. The largest absolute Gasteiger partial charge is 0.316 e. The fourth-order valence-electron chi connectivity index (χ4n) is 1.32. The Morgan fingerprint density at radius 2 is 2.08 bits per heavy atom. The number of nitrogens with two attached hydrogens (primary N) is 1. The summed E-state index contributed by atoms with van der Waals surface area (Å²) in [6.45, 7) is 0. The quantitative estimate of drug-likeness (QED) is 0.677. The van der Waals surface area contributed by atoms with Gasteiger partial charge in [-0.2, -0.15) is 4.39 Å². The molecule has 0 aliphatic heterocycles. The van der Waals surface area contributed by atoms with Gasteiger partial charge < -0.3 is 5.73 Å².